The first kappa shape index (κ1) is 15.1. The molecule has 0 atom stereocenters. The number of rotatable bonds is 5. The Morgan fingerprint density at radius 1 is 1.50 bits per heavy atom. The summed E-state index contributed by atoms with van der Waals surface area (Å²) in [5.74, 6) is 1.57. The molecule has 0 bridgehead atoms. The molecule has 22 heavy (non-hydrogen) atoms. The van der Waals surface area contributed by atoms with Crippen LogP contribution in [-0.2, 0) is 4.79 Å². The van der Waals surface area contributed by atoms with Gasteiger partial charge in [-0.15, -0.1) is 0 Å². The number of ether oxygens (including phenoxy) is 1. The van der Waals surface area contributed by atoms with E-state index in [1.165, 1.54) is 0 Å². The van der Waals surface area contributed by atoms with Crippen LogP contribution in [0.3, 0.4) is 0 Å². The average molecular weight is 319 g/mol. The van der Waals surface area contributed by atoms with Crippen molar-refractivity contribution in [2.75, 3.05) is 31.6 Å². The second kappa shape index (κ2) is 6.12. The predicted octanol–water partition coefficient (Wildman–Crippen LogP) is 2.51. The number of nitrogens with zero attached hydrogens (tertiary/aromatic N) is 2. The van der Waals surface area contributed by atoms with Gasteiger partial charge in [-0.05, 0) is 24.1 Å². The lowest BCUT2D eigenvalue weighted by Crippen LogP contribution is -2.54. The van der Waals surface area contributed by atoms with E-state index in [0.717, 1.165) is 40.7 Å². The van der Waals surface area contributed by atoms with Crippen LogP contribution in [-0.4, -0.2) is 37.6 Å². The number of amides is 1. The Balaban J connectivity index is 1.61. The SMILES string of the molecule is COc1ccc2nc(N3CC(C(=O)NCC(C)C)C3)sc2c1. The molecule has 2 heterocycles. The van der Waals surface area contributed by atoms with Crippen LogP contribution in [0.15, 0.2) is 18.2 Å². The summed E-state index contributed by atoms with van der Waals surface area (Å²) in [5, 5.41) is 3.98. The van der Waals surface area contributed by atoms with Gasteiger partial charge in [0.15, 0.2) is 5.13 Å². The fourth-order valence-electron chi connectivity index (χ4n) is 2.40. The number of fused-ring (bicyclic) bond motifs is 1. The number of benzene rings is 1. The van der Waals surface area contributed by atoms with Crippen molar-refractivity contribution in [1.29, 1.82) is 0 Å². The molecule has 1 saturated heterocycles. The minimum Gasteiger partial charge on any atom is -0.497 e. The molecular formula is C16H21N3O2S. The van der Waals surface area contributed by atoms with E-state index in [1.54, 1.807) is 18.4 Å². The molecule has 0 radical (unpaired) electrons. The third kappa shape index (κ3) is 3.02. The van der Waals surface area contributed by atoms with Gasteiger partial charge in [-0.25, -0.2) is 4.98 Å². The lowest BCUT2D eigenvalue weighted by Gasteiger charge is -2.38. The Hall–Kier alpha value is -1.82. The van der Waals surface area contributed by atoms with Crippen molar-refractivity contribution in [1.82, 2.24) is 10.3 Å². The van der Waals surface area contributed by atoms with E-state index in [4.69, 9.17) is 4.74 Å². The molecule has 3 rings (SSSR count). The Morgan fingerprint density at radius 3 is 2.95 bits per heavy atom. The second-order valence-corrected chi connectivity index (χ2v) is 7.08. The van der Waals surface area contributed by atoms with E-state index in [1.807, 2.05) is 18.2 Å². The van der Waals surface area contributed by atoms with Crippen molar-refractivity contribution >= 4 is 32.6 Å². The van der Waals surface area contributed by atoms with E-state index in [0.29, 0.717) is 5.92 Å². The molecule has 6 heteroatoms. The highest BCUT2D eigenvalue weighted by Gasteiger charge is 2.34. The summed E-state index contributed by atoms with van der Waals surface area (Å²) in [7, 11) is 1.67. The predicted molar refractivity (Wildman–Crippen MR) is 89.7 cm³/mol. The summed E-state index contributed by atoms with van der Waals surface area (Å²) in [6.07, 6.45) is 0. The summed E-state index contributed by atoms with van der Waals surface area (Å²) >= 11 is 1.65. The zero-order valence-corrected chi connectivity index (χ0v) is 13.9. The van der Waals surface area contributed by atoms with Crippen molar-refractivity contribution in [3.63, 3.8) is 0 Å². The molecule has 0 aliphatic carbocycles. The third-order valence-electron chi connectivity index (χ3n) is 3.79. The zero-order chi connectivity index (χ0) is 15.7. The molecule has 5 nitrogen and oxygen atoms in total. The van der Waals surface area contributed by atoms with Gasteiger partial charge in [-0.2, -0.15) is 0 Å². The van der Waals surface area contributed by atoms with Crippen molar-refractivity contribution in [3.05, 3.63) is 18.2 Å². The minimum atomic E-state index is 0.0836. The van der Waals surface area contributed by atoms with Gasteiger partial charge < -0.3 is 15.0 Å². The van der Waals surface area contributed by atoms with Gasteiger partial charge in [0.25, 0.3) is 0 Å². The Morgan fingerprint density at radius 2 is 2.27 bits per heavy atom. The van der Waals surface area contributed by atoms with Crippen LogP contribution >= 0.6 is 11.3 Å². The molecule has 1 N–H and O–H groups in total. The second-order valence-electron chi connectivity index (χ2n) is 6.07. The summed E-state index contributed by atoms with van der Waals surface area (Å²) in [5.41, 5.74) is 0.980. The Kier molecular flexibility index (Phi) is 4.20. The maximum absolute atomic E-state index is 12.0. The molecule has 1 aromatic heterocycles. The number of anilines is 1. The summed E-state index contributed by atoms with van der Waals surface area (Å²) in [6.45, 7) is 6.45. The molecule has 1 aliphatic heterocycles. The average Bonchev–Trinajstić information content (AvgIpc) is 2.85. The third-order valence-corrected chi connectivity index (χ3v) is 4.87. The van der Waals surface area contributed by atoms with Crippen molar-refractivity contribution in [2.24, 2.45) is 11.8 Å². The molecule has 2 aromatic rings. The van der Waals surface area contributed by atoms with E-state index in [9.17, 15) is 4.79 Å². The van der Waals surface area contributed by atoms with Crippen LogP contribution in [0.4, 0.5) is 5.13 Å². The van der Waals surface area contributed by atoms with Crippen molar-refractivity contribution in [2.45, 2.75) is 13.8 Å². The Labute approximate surface area is 134 Å². The molecule has 1 aromatic carbocycles. The van der Waals surface area contributed by atoms with Gasteiger partial charge >= 0.3 is 0 Å². The maximum atomic E-state index is 12.0. The monoisotopic (exact) mass is 319 g/mol. The zero-order valence-electron chi connectivity index (χ0n) is 13.1. The van der Waals surface area contributed by atoms with Crippen LogP contribution in [0.1, 0.15) is 13.8 Å². The number of hydrogen-bond acceptors (Lipinski definition) is 5. The van der Waals surface area contributed by atoms with Crippen molar-refractivity contribution in [3.8, 4) is 5.75 Å². The van der Waals surface area contributed by atoms with Gasteiger partial charge in [0.2, 0.25) is 5.91 Å². The van der Waals surface area contributed by atoms with Crippen molar-refractivity contribution < 1.29 is 9.53 Å². The molecule has 0 saturated carbocycles. The number of hydrogen-bond donors (Lipinski definition) is 1. The number of nitrogens with one attached hydrogen (secondary N) is 1. The van der Waals surface area contributed by atoms with Gasteiger partial charge in [0, 0.05) is 19.6 Å². The van der Waals surface area contributed by atoms with E-state index in [2.05, 4.69) is 29.0 Å². The first-order chi connectivity index (χ1) is 10.6. The Bertz CT molecular complexity index is 677. The molecule has 0 unspecified atom stereocenters. The van der Waals surface area contributed by atoms with E-state index < -0.39 is 0 Å². The van der Waals surface area contributed by atoms with Gasteiger partial charge in [-0.1, -0.05) is 25.2 Å². The van der Waals surface area contributed by atoms with Crippen LogP contribution in [0.2, 0.25) is 0 Å². The highest BCUT2D eigenvalue weighted by Crippen LogP contribution is 2.34. The van der Waals surface area contributed by atoms with Crippen LogP contribution in [0, 0.1) is 11.8 Å². The highest BCUT2D eigenvalue weighted by molar-refractivity contribution is 7.22. The highest BCUT2D eigenvalue weighted by atomic mass is 32.1. The molecule has 1 fully saturated rings. The van der Waals surface area contributed by atoms with Gasteiger partial charge in [0.1, 0.15) is 5.75 Å². The minimum absolute atomic E-state index is 0.0836. The molecular weight excluding hydrogens is 298 g/mol. The van der Waals surface area contributed by atoms with E-state index in [-0.39, 0.29) is 11.8 Å². The standard InChI is InChI=1S/C16H21N3O2S/c1-10(2)7-17-15(20)11-8-19(9-11)16-18-13-5-4-12(21-3)6-14(13)22-16/h4-6,10-11H,7-9H2,1-3H3,(H,17,20). The number of aromatic nitrogens is 1. The number of carbonyl (C=O) groups is 1. The molecule has 118 valence electrons. The number of carbonyl (C=O) groups excluding carboxylic acids is 1. The lowest BCUT2D eigenvalue weighted by molar-refractivity contribution is -0.125. The maximum Gasteiger partial charge on any atom is 0.226 e. The largest absolute Gasteiger partial charge is 0.497 e. The molecule has 1 amide bonds. The summed E-state index contributed by atoms with van der Waals surface area (Å²) in [6, 6.07) is 5.90. The fraction of sp³-hybridized carbons (Fsp3) is 0.500. The van der Waals surface area contributed by atoms with Crippen LogP contribution in [0.25, 0.3) is 10.2 Å². The first-order valence-corrected chi connectivity index (χ1v) is 8.35. The first-order valence-electron chi connectivity index (χ1n) is 7.54. The fourth-order valence-corrected chi connectivity index (χ4v) is 3.42. The quantitative estimate of drug-likeness (QED) is 0.920. The van der Waals surface area contributed by atoms with Crippen LogP contribution < -0.4 is 15.0 Å². The lowest BCUT2D eigenvalue weighted by atomic mass is 10.00. The summed E-state index contributed by atoms with van der Waals surface area (Å²) in [4.78, 5) is 18.8. The van der Waals surface area contributed by atoms with Gasteiger partial charge in [0.05, 0.1) is 23.2 Å². The topological polar surface area (TPSA) is 54.5 Å². The normalized spacial score (nSPS) is 15.2. The number of thiazole rings is 1. The smallest absolute Gasteiger partial charge is 0.226 e. The molecule has 1 aliphatic rings. The summed E-state index contributed by atoms with van der Waals surface area (Å²) < 4.78 is 6.35. The van der Waals surface area contributed by atoms with Crippen LogP contribution in [0.5, 0.6) is 5.75 Å². The number of methoxy groups -OCH3 is 1. The van der Waals surface area contributed by atoms with Gasteiger partial charge in [-0.3, -0.25) is 4.79 Å². The van der Waals surface area contributed by atoms with E-state index >= 15 is 0 Å². The molecule has 0 spiro atoms.